The lowest BCUT2D eigenvalue weighted by molar-refractivity contribution is 1.16. The van der Waals surface area contributed by atoms with Gasteiger partial charge in [-0.1, -0.05) is 400 Å². The molecule has 0 amide bonds. The Bertz CT molecular complexity index is 9500. The van der Waals surface area contributed by atoms with Crippen LogP contribution in [-0.2, 0) is 0 Å². The highest BCUT2D eigenvalue weighted by atomic mass is 28.3. The third-order valence-corrected chi connectivity index (χ3v) is 43.4. The summed E-state index contributed by atoms with van der Waals surface area (Å²) in [4.78, 5) is 11.9. The van der Waals surface area contributed by atoms with Crippen molar-refractivity contribution in [2.75, 3.05) is 0 Å². The van der Waals surface area contributed by atoms with Crippen molar-refractivity contribution < 1.29 is 0 Å². The van der Waals surface area contributed by atoms with Crippen LogP contribution in [0.2, 0.25) is 0 Å². The van der Waals surface area contributed by atoms with E-state index < -0.39 is 24.2 Å². The maximum absolute atomic E-state index is 11.1. The van der Waals surface area contributed by atoms with Crippen molar-refractivity contribution in [2.45, 2.75) is 0 Å². The Kier molecular flexibility index (Phi) is 25.6. The zero-order valence-electron chi connectivity index (χ0n) is 80.9. The molecule has 24 aromatic rings. The second-order valence-corrected chi connectivity index (χ2v) is 48.0. The normalized spacial score (nSPS) is 11.1. The summed E-state index contributed by atoms with van der Waals surface area (Å²) in [5, 5.41) is 81.5. The number of aromatic nitrogens is 3. The molecule has 0 aliphatic heterocycles. The van der Waals surface area contributed by atoms with E-state index >= 15 is 0 Å². The average Bonchev–Trinajstić information content (AvgIpc) is 1.09. The summed E-state index contributed by atoms with van der Waals surface area (Å²) in [5.74, 6) is 0. The number of rotatable bonds is 18. The standard InChI is InChI=1S/3C45H28N4Si/c1-47-34-24-27-45(50(35-14-6-3-7-15-35,36-16-8-4-9-17-36)37-18-10-5-11-19-37)39(30-34)33-23-26-44(41(29-33)48-2)49-42-21-13-12-20-38(42)40-28-32(31-46)22-25-43(40)49;1-48-41-26-28-44(50(35-13-5-2-6-14-35,36-15-7-3-8-16-36)37-17-9-4-10-18-37)40(31-47)45(41)33-22-24-34(25-23-33)49-42-20-12-11-19-38(42)39-29-32(30-46)21-27-43(39)49;46-29-32-20-26-44-40(28-32)39-18-10-11-19-43(39)49(44)45-27-25-38(41(30-47)42(45)31-48)33-21-23-37(24-22-33)50(34-12-4-1-5-13-34,35-14-6-2-7-15-35)36-16-8-3-9-17-36/h3-30H;2-29H;1-28H. The van der Waals surface area contributed by atoms with E-state index in [1.165, 1.54) is 36.3 Å². The van der Waals surface area contributed by atoms with Crippen molar-refractivity contribution in [1.82, 2.24) is 13.7 Å². The van der Waals surface area contributed by atoms with Gasteiger partial charge in [-0.05, 0) is 194 Å². The summed E-state index contributed by atoms with van der Waals surface area (Å²) >= 11 is 0. The minimum absolute atomic E-state index is 0.308. The molecule has 0 bridgehead atoms. The van der Waals surface area contributed by atoms with Crippen LogP contribution in [0.15, 0.2) is 510 Å². The topological polar surface area (TPSA) is 171 Å². The highest BCUT2D eigenvalue weighted by molar-refractivity contribution is 7.21. The van der Waals surface area contributed by atoms with Crippen LogP contribution in [0, 0.1) is 87.7 Å². The van der Waals surface area contributed by atoms with Crippen molar-refractivity contribution in [2.24, 2.45) is 0 Å². The monoisotopic (exact) mass is 1960 g/mol. The van der Waals surface area contributed by atoms with Crippen LogP contribution in [0.25, 0.3) is 130 Å². The van der Waals surface area contributed by atoms with Crippen molar-refractivity contribution in [3.8, 4) is 86.9 Å². The first-order valence-electron chi connectivity index (χ1n) is 49.0. The summed E-state index contributed by atoms with van der Waals surface area (Å²) in [7, 11) is -8.70. The Morgan fingerprint density at radius 2 is 0.520 bits per heavy atom. The summed E-state index contributed by atoms with van der Waals surface area (Å²) in [6, 6.07) is 188. The zero-order chi connectivity index (χ0) is 102. The van der Waals surface area contributed by atoms with Crippen molar-refractivity contribution in [1.29, 1.82) is 31.6 Å². The third kappa shape index (κ3) is 16.2. The Balaban J connectivity index is 0.000000127. The summed E-state index contributed by atoms with van der Waals surface area (Å²) in [5.41, 5.74) is 17.3. The Morgan fingerprint density at radius 3 is 0.900 bits per heavy atom. The van der Waals surface area contributed by atoms with E-state index in [0.717, 1.165) is 125 Å². The Morgan fingerprint density at radius 1 is 0.200 bits per heavy atom. The third-order valence-electron chi connectivity index (χ3n) is 29.0. The van der Waals surface area contributed by atoms with Gasteiger partial charge in [-0.3, -0.25) is 0 Å². The fourth-order valence-corrected chi connectivity index (χ4v) is 37.1. The van der Waals surface area contributed by atoms with Gasteiger partial charge in [0.05, 0.1) is 116 Å². The molecule has 24 rings (SSSR count). The number of fused-ring (bicyclic) bond motifs is 9. The molecule has 0 aliphatic carbocycles. The quantitative estimate of drug-likeness (QED) is 0.0470. The fourth-order valence-electron chi connectivity index (χ4n) is 22.5. The van der Waals surface area contributed by atoms with Crippen LogP contribution in [-0.4, -0.2) is 37.9 Å². The first kappa shape index (κ1) is 94.0. The van der Waals surface area contributed by atoms with Gasteiger partial charge in [-0.15, -0.1) is 0 Å². The van der Waals surface area contributed by atoms with E-state index in [4.69, 9.17) is 19.7 Å². The molecule has 150 heavy (non-hydrogen) atoms. The van der Waals surface area contributed by atoms with Crippen LogP contribution < -0.4 is 62.2 Å². The van der Waals surface area contributed by atoms with E-state index in [-0.39, 0.29) is 0 Å². The molecule has 0 unspecified atom stereocenters. The molecule has 0 N–H and O–H groups in total. The number of nitrogens with zero attached hydrogens (tertiary/aromatic N) is 12. The van der Waals surface area contributed by atoms with Gasteiger partial charge in [0.1, 0.15) is 12.1 Å². The molecule has 3 heterocycles. The zero-order valence-corrected chi connectivity index (χ0v) is 83.9. The van der Waals surface area contributed by atoms with Gasteiger partial charge in [0, 0.05) is 54.7 Å². The van der Waals surface area contributed by atoms with E-state index in [1.807, 2.05) is 180 Å². The van der Waals surface area contributed by atoms with E-state index in [1.54, 1.807) is 6.07 Å². The maximum Gasteiger partial charge on any atom is 0.211 e. The van der Waals surface area contributed by atoms with Gasteiger partial charge < -0.3 is 13.7 Å². The fraction of sp³-hybridized carbons (Fsp3) is 0. The molecule has 0 atom stereocenters. The molecule has 15 heteroatoms. The number of benzene rings is 21. The van der Waals surface area contributed by atoms with Crippen LogP contribution in [0.5, 0.6) is 0 Å². The van der Waals surface area contributed by atoms with Crippen LogP contribution in [0.1, 0.15) is 33.4 Å². The lowest BCUT2D eigenvalue weighted by atomic mass is 9.95. The highest BCUT2D eigenvalue weighted by Gasteiger charge is 2.47. The molecule has 0 aliphatic rings. The molecule has 3 aromatic heterocycles. The van der Waals surface area contributed by atoms with Gasteiger partial charge in [0.15, 0.2) is 35.6 Å². The predicted molar refractivity (Wildman–Crippen MR) is 617 cm³/mol. The van der Waals surface area contributed by atoms with Crippen LogP contribution in [0.4, 0.5) is 17.1 Å². The lowest BCUT2D eigenvalue weighted by Crippen LogP contribution is -2.75. The molecule has 0 spiro atoms. The van der Waals surface area contributed by atoms with Crippen LogP contribution in [0.3, 0.4) is 0 Å². The van der Waals surface area contributed by atoms with E-state index in [2.05, 4.69) is 388 Å². The van der Waals surface area contributed by atoms with Crippen molar-refractivity contribution in [3.63, 3.8) is 0 Å². The molecule has 0 saturated carbocycles. The molecular formula is C135H84N12Si3. The average molecular weight is 1960 g/mol. The lowest BCUT2D eigenvalue weighted by Gasteiger charge is -2.36. The van der Waals surface area contributed by atoms with Gasteiger partial charge >= 0.3 is 0 Å². The largest absolute Gasteiger partial charge is 0.319 e. The van der Waals surface area contributed by atoms with Gasteiger partial charge in [-0.2, -0.15) is 31.6 Å². The smallest absolute Gasteiger partial charge is 0.211 e. The van der Waals surface area contributed by atoms with Crippen LogP contribution >= 0.6 is 0 Å². The first-order chi connectivity index (χ1) is 74.0. The van der Waals surface area contributed by atoms with E-state index in [9.17, 15) is 31.6 Å². The molecule has 21 aromatic carbocycles. The molecule has 0 saturated heterocycles. The van der Waals surface area contributed by atoms with E-state index in [0.29, 0.717) is 67.3 Å². The second kappa shape index (κ2) is 40.8. The minimum atomic E-state index is -3.04. The molecule has 0 radical (unpaired) electrons. The molecule has 696 valence electrons. The molecule has 0 fully saturated rings. The second-order valence-electron chi connectivity index (χ2n) is 36.6. The molecular weight excluding hydrogens is 1870 g/mol. The minimum Gasteiger partial charge on any atom is -0.319 e. The summed E-state index contributed by atoms with van der Waals surface area (Å²) in [6.07, 6.45) is 0. The maximum atomic E-state index is 11.1. The number of hydrogen-bond acceptors (Lipinski definition) is 6. The SMILES string of the molecule is N#Cc1ccc2c(c1)c1ccccc1n2-c1ccc(-c2ccc([Si](c3ccccc3)(c3ccccc3)c3ccccc3)cc2)c(C#N)c1C#N.[C-]#[N+]c1ccc([Si](c2ccccc2)(c2ccccc2)c2ccccc2)c(-c2ccc(-n3c4ccccc4c4cc(C#N)ccc43)c([N+]#[C-])c2)c1.[C-]#[N+]c1ccc([Si](c2ccccc2)(c2ccccc2)c2ccccc2)c(C#N)c1-c1ccc(-n2c3ccccc3c3cc(C#N)ccc32)cc1. The summed E-state index contributed by atoms with van der Waals surface area (Å²) < 4.78 is 6.35. The Hall–Kier alpha value is -20.9. The number of nitriles is 6. The van der Waals surface area contributed by atoms with Gasteiger partial charge in [-0.25, -0.2) is 14.5 Å². The van der Waals surface area contributed by atoms with Gasteiger partial charge in [0.25, 0.3) is 0 Å². The van der Waals surface area contributed by atoms with Crippen molar-refractivity contribution >= 4 is 169 Å². The predicted octanol–water partition coefficient (Wildman–Crippen LogP) is 24.4. The molecule has 12 nitrogen and oxygen atoms in total. The van der Waals surface area contributed by atoms with Gasteiger partial charge in [0.2, 0.25) is 5.69 Å². The van der Waals surface area contributed by atoms with Crippen molar-refractivity contribution in [3.05, 3.63) is 577 Å². The summed E-state index contributed by atoms with van der Waals surface area (Å²) in [6.45, 7) is 24.6. The number of para-hydroxylation sites is 3. The first-order valence-corrected chi connectivity index (χ1v) is 55.0. The highest BCUT2D eigenvalue weighted by Crippen LogP contribution is 2.43. The number of hydrogen-bond donors (Lipinski definition) is 0. The Labute approximate surface area is 871 Å².